The van der Waals surface area contributed by atoms with Crippen LogP contribution in [0.2, 0.25) is 5.02 Å². The highest BCUT2D eigenvalue weighted by Gasteiger charge is 2.22. The van der Waals surface area contributed by atoms with Crippen molar-refractivity contribution in [3.05, 3.63) is 57.9 Å². The van der Waals surface area contributed by atoms with Crippen LogP contribution in [-0.4, -0.2) is 19.2 Å². The van der Waals surface area contributed by atoms with Gasteiger partial charge in [0.15, 0.2) is 0 Å². The van der Waals surface area contributed by atoms with Gasteiger partial charge in [0.1, 0.15) is 12.4 Å². The van der Waals surface area contributed by atoms with Crippen molar-refractivity contribution in [1.29, 1.82) is 0 Å². The normalized spacial score (nSPS) is 16.1. The van der Waals surface area contributed by atoms with E-state index in [2.05, 4.69) is 15.3 Å². The zero-order chi connectivity index (χ0) is 14.7. The van der Waals surface area contributed by atoms with Crippen molar-refractivity contribution >= 4 is 17.3 Å². The van der Waals surface area contributed by atoms with Crippen LogP contribution in [0.15, 0.2) is 47.6 Å². The van der Waals surface area contributed by atoms with Crippen molar-refractivity contribution < 1.29 is 4.74 Å². The van der Waals surface area contributed by atoms with Crippen molar-refractivity contribution in [3.63, 3.8) is 0 Å². The minimum Gasteiger partial charge on any atom is -0.489 e. The molecule has 2 aromatic rings. The summed E-state index contributed by atoms with van der Waals surface area (Å²) >= 11 is 6.18. The minimum absolute atomic E-state index is 0.0444. The molecule has 5 nitrogen and oxygen atoms in total. The number of halogens is 1. The predicted molar refractivity (Wildman–Crippen MR) is 83.8 cm³/mol. The van der Waals surface area contributed by atoms with E-state index in [0.29, 0.717) is 18.2 Å². The Morgan fingerprint density at radius 3 is 2.90 bits per heavy atom. The Bertz CT molecular complexity index is 698. The summed E-state index contributed by atoms with van der Waals surface area (Å²) < 4.78 is 5.75. The van der Waals surface area contributed by atoms with Gasteiger partial charge in [-0.1, -0.05) is 47.0 Å². The smallest absolute Gasteiger partial charge is 0.144 e. The van der Waals surface area contributed by atoms with E-state index in [9.17, 15) is 0 Å². The van der Waals surface area contributed by atoms with Crippen molar-refractivity contribution in [2.45, 2.75) is 6.04 Å². The van der Waals surface area contributed by atoms with Crippen LogP contribution in [0, 0.1) is 0 Å². The Balaban J connectivity index is 2.02. The molecule has 1 aliphatic rings. The molecule has 0 saturated carbocycles. The monoisotopic (exact) mass is 300 g/mol. The quantitative estimate of drug-likeness (QED) is 0.515. The summed E-state index contributed by atoms with van der Waals surface area (Å²) in [5.74, 6) is 0.721. The summed E-state index contributed by atoms with van der Waals surface area (Å²) in [6.45, 7) is 0.785. The first-order valence-electron chi connectivity index (χ1n) is 6.57. The van der Waals surface area contributed by atoms with Crippen LogP contribution in [0.25, 0.3) is 21.6 Å². The maximum absolute atomic E-state index is 8.43. The number of fused-ring (bicyclic) bond motifs is 1. The van der Waals surface area contributed by atoms with E-state index in [1.165, 1.54) is 0 Å². The van der Waals surface area contributed by atoms with Gasteiger partial charge in [0, 0.05) is 28.1 Å². The molecule has 6 heteroatoms. The average Bonchev–Trinajstić information content (AvgIpc) is 2.53. The lowest BCUT2D eigenvalue weighted by Crippen LogP contribution is -2.34. The first-order chi connectivity index (χ1) is 10.3. The lowest BCUT2D eigenvalue weighted by atomic mass is 10.0. The molecule has 0 amide bonds. The van der Waals surface area contributed by atoms with Gasteiger partial charge >= 0.3 is 0 Å². The number of hydrogen-bond acceptors (Lipinski definition) is 3. The molecule has 0 aliphatic carbocycles. The molecule has 2 aromatic carbocycles. The lowest BCUT2D eigenvalue weighted by Gasteiger charge is -2.28. The van der Waals surface area contributed by atoms with Crippen molar-refractivity contribution in [3.8, 4) is 16.9 Å². The Hall–Kier alpha value is -2.36. The molecule has 1 heterocycles. The maximum Gasteiger partial charge on any atom is 0.144 e. The van der Waals surface area contributed by atoms with Crippen molar-refractivity contribution in [2.24, 2.45) is 5.11 Å². The first kappa shape index (κ1) is 13.6. The molecule has 0 bridgehead atoms. The van der Waals surface area contributed by atoms with E-state index >= 15 is 0 Å². The summed E-state index contributed by atoms with van der Waals surface area (Å²) in [6, 6.07) is 13.6. The van der Waals surface area contributed by atoms with Gasteiger partial charge in [0.25, 0.3) is 0 Å². The zero-order valence-corrected chi connectivity index (χ0v) is 11.9. The van der Waals surface area contributed by atoms with Crippen molar-refractivity contribution in [2.75, 3.05) is 18.5 Å². The Kier molecular flexibility index (Phi) is 3.86. The number of nitrogens with zero attached hydrogens (tertiary/aromatic N) is 3. The lowest BCUT2D eigenvalue weighted by molar-refractivity contribution is 0.287. The van der Waals surface area contributed by atoms with E-state index < -0.39 is 0 Å². The Morgan fingerprint density at radius 2 is 2.14 bits per heavy atom. The molecule has 1 atom stereocenters. The second-order valence-electron chi connectivity index (χ2n) is 4.76. The fraction of sp³-hybridized carbons (Fsp3) is 0.200. The number of rotatable bonds is 3. The number of azide groups is 1. The van der Waals surface area contributed by atoms with E-state index in [1.54, 1.807) is 6.07 Å². The van der Waals surface area contributed by atoms with Gasteiger partial charge in [-0.2, -0.15) is 0 Å². The molecule has 0 aromatic heterocycles. The van der Waals surface area contributed by atoms with Gasteiger partial charge in [-0.05, 0) is 17.2 Å². The third-order valence-corrected chi connectivity index (χ3v) is 3.52. The van der Waals surface area contributed by atoms with E-state index in [-0.39, 0.29) is 6.04 Å². The summed E-state index contributed by atoms with van der Waals surface area (Å²) in [6.07, 6.45) is 0. The van der Waals surface area contributed by atoms with E-state index in [1.807, 2.05) is 36.4 Å². The molecule has 0 spiro atoms. The van der Waals surface area contributed by atoms with E-state index in [4.69, 9.17) is 21.9 Å². The second kappa shape index (κ2) is 5.95. The molecule has 0 saturated heterocycles. The average molecular weight is 301 g/mol. The molecule has 0 fully saturated rings. The Morgan fingerprint density at radius 1 is 1.33 bits per heavy atom. The van der Waals surface area contributed by atoms with Crippen LogP contribution in [0.3, 0.4) is 0 Å². The molecule has 21 heavy (non-hydrogen) atoms. The number of benzene rings is 2. The van der Waals surface area contributed by atoms with Crippen LogP contribution in [0.5, 0.6) is 5.75 Å². The van der Waals surface area contributed by atoms with Gasteiger partial charge in [0.05, 0.1) is 11.7 Å². The van der Waals surface area contributed by atoms with E-state index in [0.717, 1.165) is 22.6 Å². The summed E-state index contributed by atoms with van der Waals surface area (Å²) in [4.78, 5) is 2.79. The Labute approximate surface area is 127 Å². The fourth-order valence-corrected chi connectivity index (χ4v) is 2.57. The molecule has 106 valence electrons. The molecule has 1 N–H and O–H groups in total. The fourth-order valence-electron chi connectivity index (χ4n) is 2.36. The van der Waals surface area contributed by atoms with Crippen LogP contribution in [-0.2, 0) is 0 Å². The summed E-state index contributed by atoms with van der Waals surface area (Å²) in [5, 5.41) is 7.61. The van der Waals surface area contributed by atoms with Crippen molar-refractivity contribution in [1.82, 2.24) is 0 Å². The number of anilines is 1. The third kappa shape index (κ3) is 2.89. The first-order valence-corrected chi connectivity index (χ1v) is 6.95. The molecule has 1 aliphatic heterocycles. The number of nitrogens with one attached hydrogen (secondary N) is 1. The van der Waals surface area contributed by atoms with Crippen LogP contribution < -0.4 is 10.1 Å². The predicted octanol–water partition coefficient (Wildman–Crippen LogP) is 4.49. The molecule has 3 rings (SSSR count). The zero-order valence-electron chi connectivity index (χ0n) is 11.2. The number of ether oxygens (including phenoxy) is 1. The van der Waals surface area contributed by atoms with Crippen LogP contribution >= 0.6 is 11.6 Å². The van der Waals surface area contributed by atoms with Gasteiger partial charge in [-0.3, -0.25) is 0 Å². The largest absolute Gasteiger partial charge is 0.489 e. The SMILES string of the molecule is [N-]=[N+]=NCC1COc2cc(Cl)cc(-c3ccccc3)c2N1. The highest BCUT2D eigenvalue weighted by Crippen LogP contribution is 2.41. The second-order valence-corrected chi connectivity index (χ2v) is 5.19. The maximum atomic E-state index is 8.43. The highest BCUT2D eigenvalue weighted by molar-refractivity contribution is 6.31. The van der Waals surface area contributed by atoms with Gasteiger partial charge in [0.2, 0.25) is 0 Å². The molecular formula is C15H13ClN4O. The van der Waals surface area contributed by atoms with Gasteiger partial charge < -0.3 is 10.1 Å². The topological polar surface area (TPSA) is 70.0 Å². The molecule has 0 radical (unpaired) electrons. The highest BCUT2D eigenvalue weighted by atomic mass is 35.5. The summed E-state index contributed by atoms with van der Waals surface area (Å²) in [5.41, 5.74) is 11.3. The van der Waals surface area contributed by atoms with Gasteiger partial charge in [-0.15, -0.1) is 0 Å². The third-order valence-electron chi connectivity index (χ3n) is 3.31. The minimum atomic E-state index is -0.0444. The van der Waals surface area contributed by atoms with Crippen LogP contribution in [0.4, 0.5) is 5.69 Å². The number of hydrogen-bond donors (Lipinski definition) is 1. The standard InChI is InChI=1S/C15H13ClN4O/c16-11-6-13(10-4-2-1-3-5-10)15-14(7-11)21-9-12(19-15)8-18-20-17/h1-7,12,19H,8-9H2. The summed E-state index contributed by atoms with van der Waals surface area (Å²) in [7, 11) is 0. The molecular weight excluding hydrogens is 288 g/mol. The van der Waals surface area contributed by atoms with Crippen LogP contribution in [0.1, 0.15) is 0 Å². The van der Waals surface area contributed by atoms with Gasteiger partial charge in [-0.25, -0.2) is 0 Å². The molecule has 1 unspecified atom stereocenters.